The molecule has 0 atom stereocenters. The summed E-state index contributed by atoms with van der Waals surface area (Å²) >= 11 is 0. The summed E-state index contributed by atoms with van der Waals surface area (Å²) < 4.78 is 1.78. The molecule has 0 saturated heterocycles. The largest absolute Gasteiger partial charge is 0.399 e. The molecule has 0 bridgehead atoms. The molecule has 0 aliphatic heterocycles. The van der Waals surface area contributed by atoms with Gasteiger partial charge in [-0.1, -0.05) is 0 Å². The maximum atomic E-state index is 12.4. The summed E-state index contributed by atoms with van der Waals surface area (Å²) in [6.07, 6.45) is 1.77. The molecule has 0 aliphatic rings. The number of nitrogens with zero attached hydrogens (tertiary/aromatic N) is 3. The van der Waals surface area contributed by atoms with E-state index in [0.29, 0.717) is 17.8 Å². The van der Waals surface area contributed by atoms with Crippen LogP contribution in [0.15, 0.2) is 24.4 Å². The number of carbonyl (C=O) groups excluding carboxylic acids is 1. The molecule has 0 unspecified atom stereocenters. The SMILES string of the molecule is Cc1c(CNC(=O)c2cc(N)ccc2N(C)C)cnn1C. The molecule has 1 aromatic heterocycles. The van der Waals surface area contributed by atoms with Crippen LogP contribution in [0.2, 0.25) is 0 Å². The third-order valence-electron chi connectivity index (χ3n) is 3.52. The zero-order valence-corrected chi connectivity index (χ0v) is 12.8. The zero-order chi connectivity index (χ0) is 15.6. The van der Waals surface area contributed by atoms with Gasteiger partial charge in [0.2, 0.25) is 0 Å². The Morgan fingerprint density at radius 1 is 1.43 bits per heavy atom. The second-order valence-electron chi connectivity index (χ2n) is 5.23. The Bertz CT molecular complexity index is 660. The predicted octanol–water partition coefficient (Wildman–Crippen LogP) is 1.31. The summed E-state index contributed by atoms with van der Waals surface area (Å²) in [5.41, 5.74) is 9.81. The predicted molar refractivity (Wildman–Crippen MR) is 84.3 cm³/mol. The van der Waals surface area contributed by atoms with Gasteiger partial charge in [-0.15, -0.1) is 0 Å². The molecule has 6 heteroatoms. The number of anilines is 2. The van der Waals surface area contributed by atoms with Crippen molar-refractivity contribution in [2.45, 2.75) is 13.5 Å². The summed E-state index contributed by atoms with van der Waals surface area (Å²) in [7, 11) is 5.67. The van der Waals surface area contributed by atoms with Crippen molar-refractivity contribution in [1.82, 2.24) is 15.1 Å². The number of carbonyl (C=O) groups is 1. The maximum Gasteiger partial charge on any atom is 0.253 e. The van der Waals surface area contributed by atoms with Crippen molar-refractivity contribution < 1.29 is 4.79 Å². The van der Waals surface area contributed by atoms with Crippen LogP contribution in [0.25, 0.3) is 0 Å². The van der Waals surface area contributed by atoms with Crippen molar-refractivity contribution in [2.24, 2.45) is 7.05 Å². The third-order valence-corrected chi connectivity index (χ3v) is 3.52. The quantitative estimate of drug-likeness (QED) is 0.831. The summed E-state index contributed by atoms with van der Waals surface area (Å²) in [6.45, 7) is 2.42. The summed E-state index contributed by atoms with van der Waals surface area (Å²) in [4.78, 5) is 14.3. The van der Waals surface area contributed by atoms with Gasteiger partial charge in [0.15, 0.2) is 0 Å². The van der Waals surface area contributed by atoms with Gasteiger partial charge in [0.1, 0.15) is 0 Å². The number of hydrogen-bond acceptors (Lipinski definition) is 4. The molecule has 0 fully saturated rings. The molecule has 0 radical (unpaired) electrons. The van der Waals surface area contributed by atoms with Crippen molar-refractivity contribution in [1.29, 1.82) is 0 Å². The lowest BCUT2D eigenvalue weighted by molar-refractivity contribution is 0.0951. The highest BCUT2D eigenvalue weighted by Gasteiger charge is 2.14. The van der Waals surface area contributed by atoms with E-state index in [1.54, 1.807) is 23.0 Å². The molecule has 3 N–H and O–H groups in total. The fraction of sp³-hybridized carbons (Fsp3) is 0.333. The van der Waals surface area contributed by atoms with Crippen molar-refractivity contribution in [3.05, 3.63) is 41.2 Å². The summed E-state index contributed by atoms with van der Waals surface area (Å²) in [6, 6.07) is 5.33. The van der Waals surface area contributed by atoms with Gasteiger partial charge >= 0.3 is 0 Å². The van der Waals surface area contributed by atoms with Gasteiger partial charge in [0, 0.05) is 50.3 Å². The third kappa shape index (κ3) is 3.16. The number of aryl methyl sites for hydroxylation is 1. The number of rotatable bonds is 4. The lowest BCUT2D eigenvalue weighted by Crippen LogP contribution is -2.25. The first-order chi connectivity index (χ1) is 9.90. The highest BCUT2D eigenvalue weighted by atomic mass is 16.1. The van der Waals surface area contributed by atoms with Gasteiger partial charge in [-0.05, 0) is 25.1 Å². The van der Waals surface area contributed by atoms with Crippen LogP contribution in [-0.2, 0) is 13.6 Å². The van der Waals surface area contributed by atoms with Crippen molar-refractivity contribution in [3.8, 4) is 0 Å². The highest BCUT2D eigenvalue weighted by molar-refractivity contribution is 6.00. The number of nitrogens with two attached hydrogens (primary N) is 1. The molecular weight excluding hydrogens is 266 g/mol. The Kier molecular flexibility index (Phi) is 4.16. The Hall–Kier alpha value is -2.50. The standard InChI is InChI=1S/C15H21N5O/c1-10-11(9-18-20(10)4)8-17-15(21)13-7-12(16)5-6-14(13)19(2)3/h5-7,9H,8,16H2,1-4H3,(H,17,21). The lowest BCUT2D eigenvalue weighted by Gasteiger charge is -2.17. The van der Waals surface area contributed by atoms with E-state index >= 15 is 0 Å². The van der Waals surface area contributed by atoms with Crippen molar-refractivity contribution in [3.63, 3.8) is 0 Å². The molecule has 2 aromatic rings. The zero-order valence-electron chi connectivity index (χ0n) is 12.8. The van der Waals surface area contributed by atoms with Crippen LogP contribution in [0.3, 0.4) is 0 Å². The number of benzene rings is 1. The van der Waals surface area contributed by atoms with Gasteiger partial charge in [0.25, 0.3) is 5.91 Å². The normalized spacial score (nSPS) is 10.5. The van der Waals surface area contributed by atoms with E-state index in [9.17, 15) is 4.79 Å². The highest BCUT2D eigenvalue weighted by Crippen LogP contribution is 2.21. The fourth-order valence-corrected chi connectivity index (χ4v) is 2.11. The second kappa shape index (κ2) is 5.87. The summed E-state index contributed by atoms with van der Waals surface area (Å²) in [5, 5.41) is 7.08. The van der Waals surface area contributed by atoms with Gasteiger partial charge in [-0.2, -0.15) is 5.10 Å². The molecule has 112 valence electrons. The smallest absolute Gasteiger partial charge is 0.253 e. The van der Waals surface area contributed by atoms with Crippen molar-refractivity contribution >= 4 is 17.3 Å². The van der Waals surface area contributed by atoms with Crippen LogP contribution in [0.4, 0.5) is 11.4 Å². The number of nitrogen functional groups attached to an aromatic ring is 1. The van der Waals surface area contributed by atoms with E-state index in [4.69, 9.17) is 5.73 Å². The minimum atomic E-state index is -0.144. The molecule has 1 aromatic carbocycles. The molecule has 21 heavy (non-hydrogen) atoms. The van der Waals surface area contributed by atoms with Crippen LogP contribution in [0.1, 0.15) is 21.6 Å². The van der Waals surface area contributed by atoms with Crippen LogP contribution in [0.5, 0.6) is 0 Å². The molecule has 0 saturated carbocycles. The van der Waals surface area contributed by atoms with E-state index in [1.807, 2.05) is 39.0 Å². The minimum Gasteiger partial charge on any atom is -0.399 e. The second-order valence-corrected chi connectivity index (χ2v) is 5.23. The lowest BCUT2D eigenvalue weighted by atomic mass is 10.1. The van der Waals surface area contributed by atoms with Crippen LogP contribution < -0.4 is 16.0 Å². The minimum absolute atomic E-state index is 0.144. The van der Waals surface area contributed by atoms with E-state index in [1.165, 1.54) is 0 Å². The first kappa shape index (κ1) is 14.9. The molecular formula is C15H21N5O. The van der Waals surface area contributed by atoms with E-state index < -0.39 is 0 Å². The molecule has 0 aliphatic carbocycles. The van der Waals surface area contributed by atoms with Gasteiger partial charge in [0.05, 0.1) is 11.8 Å². The van der Waals surface area contributed by atoms with Crippen LogP contribution in [-0.4, -0.2) is 29.8 Å². The van der Waals surface area contributed by atoms with Gasteiger partial charge in [-0.25, -0.2) is 0 Å². The monoisotopic (exact) mass is 287 g/mol. The van der Waals surface area contributed by atoms with E-state index in [-0.39, 0.29) is 5.91 Å². The first-order valence-corrected chi connectivity index (χ1v) is 6.72. The maximum absolute atomic E-state index is 12.4. The molecule has 0 spiro atoms. The molecule has 1 heterocycles. The molecule has 1 amide bonds. The van der Waals surface area contributed by atoms with Crippen LogP contribution >= 0.6 is 0 Å². The van der Waals surface area contributed by atoms with Gasteiger partial charge < -0.3 is 16.0 Å². The van der Waals surface area contributed by atoms with E-state index in [2.05, 4.69) is 10.4 Å². The number of hydrogen-bond donors (Lipinski definition) is 2. The Morgan fingerprint density at radius 3 is 2.71 bits per heavy atom. The molecule has 2 rings (SSSR count). The summed E-state index contributed by atoms with van der Waals surface area (Å²) in [5.74, 6) is -0.144. The fourth-order valence-electron chi connectivity index (χ4n) is 2.11. The number of amides is 1. The van der Waals surface area contributed by atoms with Crippen molar-refractivity contribution in [2.75, 3.05) is 24.7 Å². The average Bonchev–Trinajstić information content (AvgIpc) is 2.75. The molecule has 6 nitrogen and oxygen atoms in total. The topological polar surface area (TPSA) is 76.2 Å². The Balaban J connectivity index is 2.17. The number of aromatic nitrogens is 2. The van der Waals surface area contributed by atoms with Gasteiger partial charge in [-0.3, -0.25) is 9.48 Å². The average molecular weight is 287 g/mol. The Labute approximate surface area is 124 Å². The first-order valence-electron chi connectivity index (χ1n) is 6.72. The van der Waals surface area contributed by atoms with E-state index in [0.717, 1.165) is 16.9 Å². The van der Waals surface area contributed by atoms with Crippen LogP contribution in [0, 0.1) is 6.92 Å². The number of nitrogens with one attached hydrogen (secondary N) is 1. The Morgan fingerprint density at radius 2 is 2.14 bits per heavy atom.